The third kappa shape index (κ3) is 2.47. The number of nitrogens with zero attached hydrogens (tertiary/aromatic N) is 1. The Hall–Kier alpha value is -2.41. The first-order valence-corrected chi connectivity index (χ1v) is 6.37. The molecule has 21 heavy (non-hydrogen) atoms. The second-order valence-electron chi connectivity index (χ2n) is 4.72. The van der Waals surface area contributed by atoms with Gasteiger partial charge in [0.05, 0.1) is 13.2 Å². The van der Waals surface area contributed by atoms with Crippen LogP contribution in [0.25, 0.3) is 11.0 Å². The average molecular weight is 293 g/mol. The minimum absolute atomic E-state index is 0.0104. The number of morpholine rings is 1. The van der Waals surface area contributed by atoms with Crippen LogP contribution in [0.4, 0.5) is 4.39 Å². The number of hydrogen-bond donors (Lipinski definition) is 1. The van der Waals surface area contributed by atoms with Gasteiger partial charge in [0.25, 0.3) is 5.91 Å². The quantitative estimate of drug-likeness (QED) is 0.907. The Kier molecular flexibility index (Phi) is 3.34. The van der Waals surface area contributed by atoms with Crippen molar-refractivity contribution < 1.29 is 28.2 Å². The van der Waals surface area contributed by atoms with E-state index in [1.807, 2.05) is 0 Å². The predicted octanol–water partition coefficient (Wildman–Crippen LogP) is 1.50. The van der Waals surface area contributed by atoms with Gasteiger partial charge in [0.2, 0.25) is 0 Å². The summed E-state index contributed by atoms with van der Waals surface area (Å²) in [6.45, 7) is 0.377. The van der Waals surface area contributed by atoms with Crippen molar-refractivity contribution in [3.63, 3.8) is 0 Å². The molecular weight excluding hydrogens is 281 g/mol. The number of aliphatic carboxylic acids is 1. The van der Waals surface area contributed by atoms with Crippen LogP contribution in [0.1, 0.15) is 10.6 Å². The molecule has 1 aliphatic heterocycles. The zero-order chi connectivity index (χ0) is 15.0. The van der Waals surface area contributed by atoms with E-state index in [0.717, 1.165) is 0 Å². The van der Waals surface area contributed by atoms with Crippen LogP contribution in [-0.2, 0) is 9.53 Å². The van der Waals surface area contributed by atoms with Crippen LogP contribution in [0.15, 0.2) is 28.7 Å². The summed E-state index contributed by atoms with van der Waals surface area (Å²) in [5.74, 6) is -2.12. The predicted molar refractivity (Wildman–Crippen MR) is 69.5 cm³/mol. The fraction of sp³-hybridized carbons (Fsp3) is 0.286. The van der Waals surface area contributed by atoms with Gasteiger partial charge in [0.1, 0.15) is 11.4 Å². The van der Waals surface area contributed by atoms with Gasteiger partial charge in [-0.25, -0.2) is 9.18 Å². The summed E-state index contributed by atoms with van der Waals surface area (Å²) in [5, 5.41) is 9.58. The molecule has 6 nitrogen and oxygen atoms in total. The molecule has 0 unspecified atom stereocenters. The number of fused-ring (bicyclic) bond motifs is 1. The van der Waals surface area contributed by atoms with E-state index >= 15 is 0 Å². The zero-order valence-corrected chi connectivity index (χ0v) is 10.9. The zero-order valence-electron chi connectivity index (χ0n) is 10.9. The Morgan fingerprint density at radius 1 is 1.33 bits per heavy atom. The van der Waals surface area contributed by atoms with Crippen molar-refractivity contribution in [1.82, 2.24) is 4.90 Å². The number of carboxylic acid groups (broad SMARTS) is 1. The Balaban J connectivity index is 1.93. The summed E-state index contributed by atoms with van der Waals surface area (Å²) in [6.07, 6.45) is 0. The number of carbonyl (C=O) groups excluding carboxylic acids is 1. The lowest BCUT2D eigenvalue weighted by atomic mass is 10.2. The normalized spacial score (nSPS) is 18.9. The third-order valence-electron chi connectivity index (χ3n) is 3.36. The maximum absolute atomic E-state index is 13.1. The summed E-state index contributed by atoms with van der Waals surface area (Å²) >= 11 is 0. The number of amides is 1. The van der Waals surface area contributed by atoms with E-state index in [1.165, 1.54) is 29.2 Å². The van der Waals surface area contributed by atoms with E-state index in [0.29, 0.717) is 11.0 Å². The molecule has 0 saturated carbocycles. The van der Waals surface area contributed by atoms with Gasteiger partial charge in [-0.3, -0.25) is 4.79 Å². The van der Waals surface area contributed by atoms with Crippen LogP contribution in [0.2, 0.25) is 0 Å². The van der Waals surface area contributed by atoms with Crippen LogP contribution in [0.5, 0.6) is 0 Å². The molecule has 1 aromatic carbocycles. The Labute approximate surface area is 118 Å². The Bertz CT molecular complexity index is 710. The number of furan rings is 1. The first-order chi connectivity index (χ1) is 10.1. The number of halogens is 1. The average Bonchev–Trinajstić information content (AvgIpc) is 2.89. The summed E-state index contributed by atoms with van der Waals surface area (Å²) in [7, 11) is 0. The van der Waals surface area contributed by atoms with E-state index in [1.54, 1.807) is 0 Å². The fourth-order valence-corrected chi connectivity index (χ4v) is 2.31. The van der Waals surface area contributed by atoms with Crippen molar-refractivity contribution in [2.24, 2.45) is 0 Å². The fourth-order valence-electron chi connectivity index (χ4n) is 2.31. The molecule has 2 heterocycles. The van der Waals surface area contributed by atoms with Crippen LogP contribution >= 0.6 is 0 Å². The molecule has 1 aliphatic rings. The molecule has 2 aromatic rings. The highest BCUT2D eigenvalue weighted by molar-refractivity contribution is 5.98. The summed E-state index contributed by atoms with van der Waals surface area (Å²) < 4.78 is 23.6. The minimum Gasteiger partial charge on any atom is -0.480 e. The molecule has 7 heteroatoms. The van der Waals surface area contributed by atoms with Crippen molar-refractivity contribution in [2.75, 3.05) is 19.8 Å². The van der Waals surface area contributed by atoms with E-state index < -0.39 is 23.7 Å². The molecule has 1 aromatic heterocycles. The molecule has 1 N–H and O–H groups in total. The van der Waals surface area contributed by atoms with E-state index in [4.69, 9.17) is 14.3 Å². The number of carbonyl (C=O) groups is 2. The van der Waals surface area contributed by atoms with Crippen molar-refractivity contribution in [3.8, 4) is 0 Å². The molecule has 1 saturated heterocycles. The van der Waals surface area contributed by atoms with Crippen molar-refractivity contribution >= 4 is 22.8 Å². The van der Waals surface area contributed by atoms with Crippen molar-refractivity contribution in [3.05, 3.63) is 35.8 Å². The number of hydrogen-bond acceptors (Lipinski definition) is 4. The smallest absolute Gasteiger partial charge is 0.328 e. The van der Waals surface area contributed by atoms with Crippen LogP contribution in [0.3, 0.4) is 0 Å². The number of ether oxygens (including phenoxy) is 1. The molecule has 1 atom stereocenters. The standard InChI is InChI=1S/C14H12FNO5/c15-9-1-2-11-8(5-9)6-12(21-11)13(17)16-3-4-20-7-10(16)14(18)19/h1-2,5-6,10H,3-4,7H2,(H,18,19)/t10-/m1/s1. The van der Waals surface area contributed by atoms with E-state index in [-0.39, 0.29) is 25.5 Å². The number of benzene rings is 1. The Morgan fingerprint density at radius 2 is 2.14 bits per heavy atom. The van der Waals surface area contributed by atoms with Gasteiger partial charge < -0.3 is 19.2 Å². The van der Waals surface area contributed by atoms with Crippen LogP contribution in [0, 0.1) is 5.82 Å². The molecule has 0 bridgehead atoms. The first-order valence-electron chi connectivity index (χ1n) is 6.37. The molecular formula is C14H12FNO5. The van der Waals surface area contributed by atoms with Gasteiger partial charge in [-0.1, -0.05) is 0 Å². The summed E-state index contributed by atoms with van der Waals surface area (Å²) in [5.41, 5.74) is 0.375. The van der Waals surface area contributed by atoms with Gasteiger partial charge in [-0.2, -0.15) is 0 Å². The van der Waals surface area contributed by atoms with Gasteiger partial charge in [0, 0.05) is 11.9 Å². The molecule has 1 fully saturated rings. The lowest BCUT2D eigenvalue weighted by Crippen LogP contribution is -2.52. The molecule has 1 amide bonds. The van der Waals surface area contributed by atoms with Crippen molar-refractivity contribution in [2.45, 2.75) is 6.04 Å². The number of rotatable bonds is 2. The van der Waals surface area contributed by atoms with E-state index in [9.17, 15) is 14.0 Å². The summed E-state index contributed by atoms with van der Waals surface area (Å²) in [6, 6.07) is 4.28. The minimum atomic E-state index is -1.13. The highest BCUT2D eigenvalue weighted by atomic mass is 19.1. The van der Waals surface area contributed by atoms with Gasteiger partial charge in [-0.05, 0) is 24.3 Å². The molecule has 0 radical (unpaired) electrons. The molecule has 0 aliphatic carbocycles. The first kappa shape index (κ1) is 13.6. The largest absolute Gasteiger partial charge is 0.480 e. The Morgan fingerprint density at radius 3 is 2.90 bits per heavy atom. The maximum atomic E-state index is 13.1. The second kappa shape index (κ2) is 5.17. The monoisotopic (exact) mass is 293 g/mol. The SMILES string of the molecule is O=C(O)[C@H]1COCCN1C(=O)c1cc2cc(F)ccc2o1. The molecule has 3 rings (SSSR count). The van der Waals surface area contributed by atoms with Gasteiger partial charge in [-0.15, -0.1) is 0 Å². The molecule has 110 valence electrons. The second-order valence-corrected chi connectivity index (χ2v) is 4.72. The van der Waals surface area contributed by atoms with Gasteiger partial charge in [0.15, 0.2) is 11.8 Å². The van der Waals surface area contributed by atoms with E-state index in [2.05, 4.69) is 0 Å². The topological polar surface area (TPSA) is 80.0 Å². The lowest BCUT2D eigenvalue weighted by Gasteiger charge is -2.32. The molecule has 0 spiro atoms. The number of carboxylic acids is 1. The van der Waals surface area contributed by atoms with Crippen LogP contribution in [-0.4, -0.2) is 47.7 Å². The highest BCUT2D eigenvalue weighted by Gasteiger charge is 2.34. The lowest BCUT2D eigenvalue weighted by molar-refractivity contribution is -0.147. The maximum Gasteiger partial charge on any atom is 0.328 e. The third-order valence-corrected chi connectivity index (χ3v) is 3.36. The summed E-state index contributed by atoms with van der Waals surface area (Å²) in [4.78, 5) is 24.7. The van der Waals surface area contributed by atoms with Gasteiger partial charge >= 0.3 is 5.97 Å². The van der Waals surface area contributed by atoms with Crippen molar-refractivity contribution in [1.29, 1.82) is 0 Å². The highest BCUT2D eigenvalue weighted by Crippen LogP contribution is 2.22. The van der Waals surface area contributed by atoms with Crippen LogP contribution < -0.4 is 0 Å².